The van der Waals surface area contributed by atoms with Crippen molar-refractivity contribution in [3.05, 3.63) is 61.2 Å². The van der Waals surface area contributed by atoms with Crippen LogP contribution >= 0.6 is 0 Å². The number of rotatable bonds is 8. The molecule has 0 spiro atoms. The van der Waals surface area contributed by atoms with E-state index in [1.807, 2.05) is 51.1 Å². The Labute approximate surface area is 140 Å². The van der Waals surface area contributed by atoms with Gasteiger partial charge in [-0.25, -0.2) is 9.39 Å². The summed E-state index contributed by atoms with van der Waals surface area (Å²) in [6, 6.07) is 10.1. The fourth-order valence-electron chi connectivity index (χ4n) is 2.39. The van der Waals surface area contributed by atoms with Crippen molar-refractivity contribution in [3.8, 4) is 0 Å². The van der Waals surface area contributed by atoms with Crippen LogP contribution in [-0.2, 0) is 11.3 Å². The maximum absolute atomic E-state index is 12.3. The lowest BCUT2D eigenvalue weighted by Gasteiger charge is -2.37. The van der Waals surface area contributed by atoms with Crippen molar-refractivity contribution in [2.75, 3.05) is 13.1 Å². The number of quaternary nitrogens is 1. The van der Waals surface area contributed by atoms with Gasteiger partial charge in [0.2, 0.25) is 0 Å². The van der Waals surface area contributed by atoms with E-state index in [2.05, 4.69) is 30.7 Å². The van der Waals surface area contributed by atoms with E-state index >= 15 is 0 Å². The average Bonchev–Trinajstić information content (AvgIpc) is 2.44. The van der Waals surface area contributed by atoms with Crippen LogP contribution in [0.15, 0.2) is 55.6 Å². The molecule has 1 aromatic carbocycles. The summed E-state index contributed by atoms with van der Waals surface area (Å²) in [6.07, 6.45) is 4.05. The first-order valence-corrected chi connectivity index (χ1v) is 7.93. The minimum Gasteiger partial charge on any atom is -0.441 e. The van der Waals surface area contributed by atoms with Crippen LogP contribution in [0.2, 0.25) is 0 Å². The van der Waals surface area contributed by atoms with Crippen LogP contribution < -0.4 is 5.43 Å². The van der Waals surface area contributed by atoms with Crippen LogP contribution in [0.4, 0.5) is 4.79 Å². The molecule has 23 heavy (non-hydrogen) atoms. The number of hydrogen-bond donors (Lipinski definition) is 1. The molecule has 126 valence electrons. The Morgan fingerprint density at radius 1 is 1.22 bits per heavy atom. The zero-order chi connectivity index (χ0) is 17.3. The van der Waals surface area contributed by atoms with E-state index in [0.29, 0.717) is 17.7 Å². The van der Waals surface area contributed by atoms with Crippen LogP contribution in [-0.4, -0.2) is 29.4 Å². The second-order valence-corrected chi connectivity index (χ2v) is 6.67. The highest BCUT2D eigenvalue weighted by Gasteiger charge is 2.31. The number of amides is 1. The molecule has 0 aromatic heterocycles. The number of carbonyl (C=O) groups is 1. The molecule has 4 heteroatoms. The summed E-state index contributed by atoms with van der Waals surface area (Å²) in [4.78, 5) is 12.3. The van der Waals surface area contributed by atoms with Gasteiger partial charge in [-0.2, -0.15) is 5.43 Å². The van der Waals surface area contributed by atoms with Crippen molar-refractivity contribution in [3.63, 3.8) is 0 Å². The molecule has 1 rings (SSSR count). The fraction of sp³-hybridized carbons (Fsp3) is 0.421. The molecule has 1 aromatic rings. The Hall–Kier alpha value is -2.07. The Morgan fingerprint density at radius 2 is 1.87 bits per heavy atom. The second-order valence-electron chi connectivity index (χ2n) is 6.67. The SMILES string of the molecule is C=CCC[N@@+](CC=C)(Cc1ccccc1)NC(=O)OC(C)(C)C. The average molecular weight is 317 g/mol. The van der Waals surface area contributed by atoms with Crippen LogP contribution in [0.1, 0.15) is 32.8 Å². The van der Waals surface area contributed by atoms with E-state index in [1.54, 1.807) is 0 Å². The molecule has 1 atom stereocenters. The predicted octanol–water partition coefficient (Wildman–Crippen LogP) is 4.21. The van der Waals surface area contributed by atoms with Gasteiger partial charge in [0.1, 0.15) is 25.2 Å². The van der Waals surface area contributed by atoms with Gasteiger partial charge >= 0.3 is 6.09 Å². The quantitative estimate of drug-likeness (QED) is 0.443. The van der Waals surface area contributed by atoms with E-state index in [4.69, 9.17) is 4.74 Å². The van der Waals surface area contributed by atoms with Crippen molar-refractivity contribution in [1.82, 2.24) is 5.43 Å². The molecule has 0 aliphatic heterocycles. The Bertz CT molecular complexity index is 520. The van der Waals surface area contributed by atoms with Gasteiger partial charge in [0, 0.05) is 12.0 Å². The van der Waals surface area contributed by atoms with Gasteiger partial charge in [-0.3, -0.25) is 0 Å². The van der Waals surface area contributed by atoms with E-state index in [0.717, 1.165) is 18.5 Å². The summed E-state index contributed by atoms with van der Waals surface area (Å²) >= 11 is 0. The standard InChI is InChI=1S/C19H28N2O2/c1-6-8-15-21(14-7-2,16-17-12-10-9-11-13-17)20-18(22)23-19(3,4)5/h6-7,9-13H,1-2,8,14-16H2,3-5H3/p+1/t21-/m0/s1. The van der Waals surface area contributed by atoms with Crippen molar-refractivity contribution >= 4 is 6.09 Å². The number of benzene rings is 1. The molecule has 0 unspecified atom stereocenters. The molecule has 0 saturated heterocycles. The summed E-state index contributed by atoms with van der Waals surface area (Å²) < 4.78 is 5.79. The van der Waals surface area contributed by atoms with Gasteiger partial charge in [-0.15, -0.1) is 6.58 Å². The van der Waals surface area contributed by atoms with E-state index in [-0.39, 0.29) is 0 Å². The Morgan fingerprint density at radius 3 is 2.39 bits per heavy atom. The Balaban J connectivity index is 2.98. The van der Waals surface area contributed by atoms with Gasteiger partial charge in [0.15, 0.2) is 0 Å². The lowest BCUT2D eigenvalue weighted by atomic mass is 10.2. The van der Waals surface area contributed by atoms with Crippen LogP contribution in [0.3, 0.4) is 0 Å². The summed E-state index contributed by atoms with van der Waals surface area (Å²) in [6.45, 7) is 15.2. The zero-order valence-corrected chi connectivity index (χ0v) is 14.5. The third-order valence-electron chi connectivity index (χ3n) is 3.30. The third-order valence-corrected chi connectivity index (χ3v) is 3.30. The number of ether oxygens (including phenoxy) is 1. The van der Waals surface area contributed by atoms with Gasteiger partial charge in [0.05, 0.1) is 0 Å². The van der Waals surface area contributed by atoms with Gasteiger partial charge in [-0.1, -0.05) is 43.0 Å². The topological polar surface area (TPSA) is 38.3 Å². The first-order chi connectivity index (χ1) is 10.8. The van der Waals surface area contributed by atoms with Crippen molar-refractivity contribution < 1.29 is 14.1 Å². The van der Waals surface area contributed by atoms with Crippen molar-refractivity contribution in [1.29, 1.82) is 0 Å². The molecular formula is C19H29N2O2+. The first kappa shape index (κ1) is 19.0. The smallest absolute Gasteiger partial charge is 0.441 e. The highest BCUT2D eigenvalue weighted by atomic mass is 16.6. The molecule has 0 fully saturated rings. The van der Waals surface area contributed by atoms with E-state index < -0.39 is 11.7 Å². The first-order valence-electron chi connectivity index (χ1n) is 7.93. The van der Waals surface area contributed by atoms with Gasteiger partial charge in [-0.05, 0) is 26.8 Å². The normalized spacial score (nSPS) is 13.7. The number of nitrogens with zero attached hydrogens (tertiary/aromatic N) is 1. The highest BCUT2D eigenvalue weighted by molar-refractivity contribution is 5.66. The largest absolute Gasteiger partial charge is 0.452 e. The zero-order valence-electron chi connectivity index (χ0n) is 14.5. The van der Waals surface area contributed by atoms with Crippen molar-refractivity contribution in [2.45, 2.75) is 39.3 Å². The third kappa shape index (κ3) is 7.15. The molecule has 0 aliphatic carbocycles. The molecule has 4 nitrogen and oxygen atoms in total. The van der Waals surface area contributed by atoms with Gasteiger partial charge < -0.3 is 4.74 Å². The molecule has 0 radical (unpaired) electrons. The highest BCUT2D eigenvalue weighted by Crippen LogP contribution is 2.15. The van der Waals surface area contributed by atoms with Crippen molar-refractivity contribution in [2.24, 2.45) is 0 Å². The summed E-state index contributed by atoms with van der Waals surface area (Å²) in [7, 11) is 0. The van der Waals surface area contributed by atoms with E-state index in [1.165, 1.54) is 0 Å². The molecule has 0 aliphatic rings. The van der Waals surface area contributed by atoms with Crippen LogP contribution in [0.5, 0.6) is 0 Å². The Kier molecular flexibility index (Phi) is 7.04. The maximum atomic E-state index is 12.3. The second kappa shape index (κ2) is 8.53. The summed E-state index contributed by atoms with van der Waals surface area (Å²) in [5.74, 6) is 0. The summed E-state index contributed by atoms with van der Waals surface area (Å²) in [5, 5.41) is 0. The van der Waals surface area contributed by atoms with Crippen LogP contribution in [0.25, 0.3) is 0 Å². The fourth-order valence-corrected chi connectivity index (χ4v) is 2.39. The molecule has 0 heterocycles. The van der Waals surface area contributed by atoms with E-state index in [9.17, 15) is 4.79 Å². The maximum Gasteiger partial charge on any atom is 0.452 e. The number of nitrogens with one attached hydrogen (secondary N) is 1. The molecule has 1 amide bonds. The minimum atomic E-state index is -0.529. The molecule has 0 saturated carbocycles. The molecule has 1 N–H and O–H groups in total. The number of carbonyl (C=O) groups excluding carboxylic acids is 1. The minimum absolute atomic E-state index is 0.356. The lowest BCUT2D eigenvalue weighted by Crippen LogP contribution is -2.60. The molecular weight excluding hydrogens is 288 g/mol. The van der Waals surface area contributed by atoms with Gasteiger partial charge in [0.25, 0.3) is 0 Å². The monoisotopic (exact) mass is 317 g/mol. The molecule has 0 bridgehead atoms. The summed E-state index contributed by atoms with van der Waals surface area (Å²) in [5.41, 5.74) is 3.65. The predicted molar refractivity (Wildman–Crippen MR) is 94.5 cm³/mol. The number of hydrogen-bond acceptors (Lipinski definition) is 2. The lowest BCUT2D eigenvalue weighted by molar-refractivity contribution is -0.968. The van der Waals surface area contributed by atoms with Crippen LogP contribution in [0, 0.1) is 0 Å².